The third-order valence-corrected chi connectivity index (χ3v) is 4.53. The molecule has 0 bridgehead atoms. The molecule has 158 valence electrons. The van der Waals surface area contributed by atoms with Gasteiger partial charge < -0.3 is 23.7 Å². The van der Waals surface area contributed by atoms with Crippen molar-refractivity contribution in [3.05, 3.63) is 41.5 Å². The summed E-state index contributed by atoms with van der Waals surface area (Å²) < 4.78 is 27.0. The van der Waals surface area contributed by atoms with Crippen LogP contribution in [0.4, 0.5) is 0 Å². The lowest BCUT2D eigenvalue weighted by Crippen LogP contribution is -2.24. The molecule has 0 aliphatic rings. The Morgan fingerprint density at radius 3 is 2.25 bits per heavy atom. The second-order valence-corrected chi connectivity index (χ2v) is 6.61. The van der Waals surface area contributed by atoms with Crippen molar-refractivity contribution >= 4 is 5.97 Å². The van der Waals surface area contributed by atoms with E-state index in [0.717, 1.165) is 17.7 Å². The minimum absolute atomic E-state index is 0.0250. The molecule has 1 aromatic carbocycles. The van der Waals surface area contributed by atoms with Gasteiger partial charge in [0.25, 0.3) is 0 Å². The second kappa shape index (κ2) is 13.3. The Morgan fingerprint density at radius 2 is 1.71 bits per heavy atom. The largest absolute Gasteiger partial charge is 0.497 e. The van der Waals surface area contributed by atoms with E-state index in [1.165, 1.54) is 0 Å². The van der Waals surface area contributed by atoms with Gasteiger partial charge in [0.05, 0.1) is 26.4 Å². The number of carbonyl (C=O) groups is 1. The first kappa shape index (κ1) is 24.1. The Balaban J connectivity index is 2.81. The van der Waals surface area contributed by atoms with Gasteiger partial charge in [0, 0.05) is 32.1 Å². The molecule has 0 N–H and O–H groups in total. The molecule has 0 aromatic heterocycles. The van der Waals surface area contributed by atoms with Gasteiger partial charge in [-0.3, -0.25) is 0 Å². The van der Waals surface area contributed by atoms with Crippen molar-refractivity contribution in [1.29, 1.82) is 0 Å². The first-order chi connectivity index (χ1) is 13.4. The molecule has 0 aliphatic carbocycles. The summed E-state index contributed by atoms with van der Waals surface area (Å²) in [5.74, 6) is 0.539. The number of carbonyl (C=O) groups excluding carboxylic acids is 1. The van der Waals surface area contributed by atoms with Crippen molar-refractivity contribution in [3.8, 4) is 5.75 Å². The maximum Gasteiger partial charge on any atom is 0.333 e. The maximum atomic E-state index is 11.9. The summed E-state index contributed by atoms with van der Waals surface area (Å²) in [4.78, 5) is 11.9. The summed E-state index contributed by atoms with van der Waals surface area (Å²) in [6.45, 7) is 6.43. The highest BCUT2D eigenvalue weighted by atomic mass is 16.7. The van der Waals surface area contributed by atoms with Gasteiger partial charge >= 0.3 is 5.97 Å². The predicted molar refractivity (Wildman–Crippen MR) is 108 cm³/mol. The SMILES string of the molecule is CCOC(=O)/C(C)=C/[C@@H](C)[C@H](CCC(OC)OC)OCc1ccc(OC)cc1. The van der Waals surface area contributed by atoms with Crippen LogP contribution in [0.3, 0.4) is 0 Å². The average Bonchev–Trinajstić information content (AvgIpc) is 2.71. The topological polar surface area (TPSA) is 63.2 Å². The minimum Gasteiger partial charge on any atom is -0.497 e. The number of ether oxygens (including phenoxy) is 5. The van der Waals surface area contributed by atoms with Crippen molar-refractivity contribution in [2.24, 2.45) is 5.92 Å². The fourth-order valence-electron chi connectivity index (χ4n) is 2.87. The van der Waals surface area contributed by atoms with Gasteiger partial charge in [0.15, 0.2) is 6.29 Å². The number of rotatable bonds is 13. The molecular weight excluding hydrogens is 360 g/mol. The predicted octanol–water partition coefficient (Wildman–Crippen LogP) is 4.13. The van der Waals surface area contributed by atoms with Crippen LogP contribution in [0.2, 0.25) is 0 Å². The van der Waals surface area contributed by atoms with Crippen LogP contribution in [-0.4, -0.2) is 46.3 Å². The molecule has 6 heteroatoms. The van der Waals surface area contributed by atoms with Crippen LogP contribution in [0, 0.1) is 5.92 Å². The van der Waals surface area contributed by atoms with Crippen molar-refractivity contribution in [1.82, 2.24) is 0 Å². The molecule has 6 nitrogen and oxygen atoms in total. The van der Waals surface area contributed by atoms with E-state index in [9.17, 15) is 4.79 Å². The molecule has 2 atom stereocenters. The zero-order valence-corrected chi connectivity index (χ0v) is 17.9. The Morgan fingerprint density at radius 1 is 1.07 bits per heavy atom. The Bertz CT molecular complexity index is 592. The summed E-state index contributed by atoms with van der Waals surface area (Å²) in [6, 6.07) is 7.78. The highest BCUT2D eigenvalue weighted by Crippen LogP contribution is 2.21. The first-order valence-corrected chi connectivity index (χ1v) is 9.60. The fraction of sp³-hybridized carbons (Fsp3) is 0.591. The highest BCUT2D eigenvalue weighted by molar-refractivity contribution is 5.87. The molecule has 0 spiro atoms. The van der Waals surface area contributed by atoms with Gasteiger partial charge in [0.1, 0.15) is 5.75 Å². The van der Waals surface area contributed by atoms with Crippen LogP contribution in [0.15, 0.2) is 35.9 Å². The third kappa shape index (κ3) is 8.42. The fourth-order valence-corrected chi connectivity index (χ4v) is 2.87. The molecule has 1 aromatic rings. The van der Waals surface area contributed by atoms with Crippen molar-refractivity contribution in [3.63, 3.8) is 0 Å². The zero-order valence-electron chi connectivity index (χ0n) is 17.9. The van der Waals surface area contributed by atoms with Crippen molar-refractivity contribution in [2.45, 2.75) is 52.6 Å². The summed E-state index contributed by atoms with van der Waals surface area (Å²) in [7, 11) is 4.88. The molecule has 0 amide bonds. The minimum atomic E-state index is -0.296. The van der Waals surface area contributed by atoms with Gasteiger partial charge in [-0.15, -0.1) is 0 Å². The van der Waals surface area contributed by atoms with Crippen molar-refractivity contribution < 1.29 is 28.5 Å². The monoisotopic (exact) mass is 394 g/mol. The number of esters is 1. The lowest BCUT2D eigenvalue weighted by atomic mass is 9.97. The number of methoxy groups -OCH3 is 3. The summed E-state index contributed by atoms with van der Waals surface area (Å²) in [6.07, 6.45) is 2.95. The number of hydrogen-bond donors (Lipinski definition) is 0. The smallest absolute Gasteiger partial charge is 0.333 e. The molecular formula is C22H34O6. The van der Waals surface area contributed by atoms with Crippen LogP contribution in [-0.2, 0) is 30.3 Å². The van der Waals surface area contributed by atoms with Gasteiger partial charge in [-0.2, -0.15) is 0 Å². The van der Waals surface area contributed by atoms with Gasteiger partial charge in [-0.25, -0.2) is 4.79 Å². The quantitative estimate of drug-likeness (QED) is 0.285. The standard InChI is InChI=1S/C22H34O6/c1-7-27-22(23)17(3)14-16(2)20(12-13-21(25-5)26-6)28-15-18-8-10-19(24-4)11-9-18/h8-11,14,16,20-21H,7,12-13,15H2,1-6H3/b17-14+/t16-,20+/m1/s1. The van der Waals surface area contributed by atoms with Crippen LogP contribution in [0.25, 0.3) is 0 Å². The molecule has 0 saturated heterocycles. The van der Waals surface area contributed by atoms with E-state index >= 15 is 0 Å². The van der Waals surface area contributed by atoms with Crippen LogP contribution >= 0.6 is 0 Å². The van der Waals surface area contributed by atoms with E-state index in [4.69, 9.17) is 23.7 Å². The molecule has 0 heterocycles. The van der Waals surface area contributed by atoms with Gasteiger partial charge in [0.2, 0.25) is 0 Å². The molecule has 0 saturated carbocycles. The van der Waals surface area contributed by atoms with E-state index in [-0.39, 0.29) is 24.3 Å². The Labute approximate surface area is 168 Å². The van der Waals surface area contributed by atoms with Crippen LogP contribution in [0.5, 0.6) is 5.75 Å². The number of hydrogen-bond acceptors (Lipinski definition) is 6. The van der Waals surface area contributed by atoms with E-state index < -0.39 is 0 Å². The number of benzene rings is 1. The molecule has 0 aliphatic heterocycles. The normalized spacial score (nSPS) is 14.0. The van der Waals surface area contributed by atoms with E-state index in [1.807, 2.05) is 37.3 Å². The molecule has 0 unspecified atom stereocenters. The Hall–Kier alpha value is -1.89. The summed E-state index contributed by atoms with van der Waals surface area (Å²) >= 11 is 0. The Kier molecular flexibility index (Phi) is 11.5. The molecule has 1 rings (SSSR count). The first-order valence-electron chi connectivity index (χ1n) is 9.60. The zero-order chi connectivity index (χ0) is 20.9. The third-order valence-electron chi connectivity index (χ3n) is 4.53. The van der Waals surface area contributed by atoms with Gasteiger partial charge in [-0.05, 0) is 38.0 Å². The summed E-state index contributed by atoms with van der Waals surface area (Å²) in [5, 5.41) is 0. The lowest BCUT2D eigenvalue weighted by Gasteiger charge is -2.24. The summed E-state index contributed by atoms with van der Waals surface area (Å²) in [5.41, 5.74) is 1.64. The maximum absolute atomic E-state index is 11.9. The lowest BCUT2D eigenvalue weighted by molar-refractivity contribution is -0.138. The van der Waals surface area contributed by atoms with E-state index in [2.05, 4.69) is 0 Å². The van der Waals surface area contributed by atoms with Gasteiger partial charge in [-0.1, -0.05) is 25.1 Å². The van der Waals surface area contributed by atoms with Crippen molar-refractivity contribution in [2.75, 3.05) is 27.9 Å². The molecule has 0 radical (unpaired) electrons. The van der Waals surface area contributed by atoms with E-state index in [1.54, 1.807) is 35.2 Å². The highest BCUT2D eigenvalue weighted by Gasteiger charge is 2.20. The van der Waals surface area contributed by atoms with Crippen LogP contribution in [0.1, 0.15) is 39.2 Å². The average molecular weight is 395 g/mol. The molecule has 0 fully saturated rings. The molecule has 28 heavy (non-hydrogen) atoms. The second-order valence-electron chi connectivity index (χ2n) is 6.61. The van der Waals surface area contributed by atoms with Crippen LogP contribution < -0.4 is 4.74 Å². The van der Waals surface area contributed by atoms with E-state index in [0.29, 0.717) is 25.2 Å².